The van der Waals surface area contributed by atoms with E-state index in [9.17, 15) is 18.8 Å². The van der Waals surface area contributed by atoms with Gasteiger partial charge in [-0.1, -0.05) is 41.9 Å². The minimum atomic E-state index is -0.920. The molecule has 0 radical (unpaired) electrons. The van der Waals surface area contributed by atoms with Gasteiger partial charge in [-0.05, 0) is 60.4 Å². The number of rotatable bonds is 6. The first-order chi connectivity index (χ1) is 17.7. The summed E-state index contributed by atoms with van der Waals surface area (Å²) in [6.45, 7) is 0.586. The highest BCUT2D eigenvalue weighted by Crippen LogP contribution is 2.49. The summed E-state index contributed by atoms with van der Waals surface area (Å²) >= 11 is 6.04. The highest BCUT2D eigenvalue weighted by atomic mass is 35.5. The first kappa shape index (κ1) is 24.8. The summed E-state index contributed by atoms with van der Waals surface area (Å²) in [6.07, 6.45) is 1.08. The maximum Gasteiger partial charge on any atom is 0.251 e. The third-order valence-corrected chi connectivity index (χ3v) is 7.41. The minimum absolute atomic E-state index is 0.170. The zero-order chi connectivity index (χ0) is 26.3. The van der Waals surface area contributed by atoms with Crippen LogP contribution in [0.3, 0.4) is 0 Å². The molecule has 190 valence electrons. The molecule has 3 aromatic rings. The standard InChI is InChI=1S/C28H26ClFN4O3/c1-33-24-14-19(30)10-11-23(24)34(15-17-6-8-18(29)9-7-17)16-22(26(33)36)32-27(37)28(12-13-28)21-5-3-2-4-20(21)25(31)35/h2-11,14,22H,12-13,15-16H2,1H3,(H2,31,35)(H,32,37)/t22-/m1/s1. The quantitative estimate of drug-likeness (QED) is 0.517. The Bertz CT molecular complexity index is 1390. The van der Waals surface area contributed by atoms with Crippen molar-refractivity contribution in [3.63, 3.8) is 0 Å². The van der Waals surface area contributed by atoms with Crippen molar-refractivity contribution in [2.75, 3.05) is 23.4 Å². The molecule has 0 unspecified atom stereocenters. The van der Waals surface area contributed by atoms with Crippen LogP contribution in [-0.2, 0) is 21.5 Å². The second-order valence-electron chi connectivity index (χ2n) is 9.56. The van der Waals surface area contributed by atoms with Gasteiger partial charge in [0.05, 0.1) is 16.8 Å². The number of carbonyl (C=O) groups excluding carboxylic acids is 3. The lowest BCUT2D eigenvalue weighted by atomic mass is 9.90. The molecular weight excluding hydrogens is 495 g/mol. The van der Waals surface area contributed by atoms with Crippen molar-refractivity contribution in [2.24, 2.45) is 5.73 Å². The summed E-state index contributed by atoms with van der Waals surface area (Å²) in [5.41, 5.74) is 7.54. The van der Waals surface area contributed by atoms with Crippen molar-refractivity contribution >= 4 is 40.7 Å². The van der Waals surface area contributed by atoms with Crippen molar-refractivity contribution in [3.05, 3.63) is 94.3 Å². The van der Waals surface area contributed by atoms with E-state index < -0.39 is 23.2 Å². The van der Waals surface area contributed by atoms with Crippen LogP contribution in [0.25, 0.3) is 0 Å². The van der Waals surface area contributed by atoms with Crippen molar-refractivity contribution < 1.29 is 18.8 Å². The Morgan fingerprint density at radius 2 is 1.78 bits per heavy atom. The highest BCUT2D eigenvalue weighted by Gasteiger charge is 2.53. The molecular formula is C28H26ClFN4O3. The lowest BCUT2D eigenvalue weighted by Crippen LogP contribution is -2.53. The molecule has 1 saturated carbocycles. The molecule has 1 atom stereocenters. The van der Waals surface area contributed by atoms with Crippen molar-refractivity contribution in [2.45, 2.75) is 30.8 Å². The van der Waals surface area contributed by atoms with Crippen LogP contribution in [0.15, 0.2) is 66.7 Å². The number of carbonyl (C=O) groups is 3. The van der Waals surface area contributed by atoms with Crippen molar-refractivity contribution in [1.82, 2.24) is 5.32 Å². The van der Waals surface area contributed by atoms with E-state index in [1.165, 1.54) is 17.0 Å². The molecule has 0 bridgehead atoms. The molecule has 37 heavy (non-hydrogen) atoms. The number of nitrogens with two attached hydrogens (primary N) is 1. The van der Waals surface area contributed by atoms with Crippen LogP contribution in [0.2, 0.25) is 5.02 Å². The number of benzene rings is 3. The highest BCUT2D eigenvalue weighted by molar-refractivity contribution is 6.30. The van der Waals surface area contributed by atoms with Crippen LogP contribution in [0.4, 0.5) is 15.8 Å². The summed E-state index contributed by atoms with van der Waals surface area (Å²) in [6, 6.07) is 17.5. The van der Waals surface area contributed by atoms with Gasteiger partial charge < -0.3 is 20.9 Å². The van der Waals surface area contributed by atoms with Gasteiger partial charge in [-0.25, -0.2) is 4.39 Å². The van der Waals surface area contributed by atoms with Gasteiger partial charge in [-0.2, -0.15) is 0 Å². The molecule has 3 N–H and O–H groups in total. The number of halogens is 2. The maximum atomic E-state index is 14.2. The third kappa shape index (κ3) is 4.64. The van der Waals surface area contributed by atoms with Crippen LogP contribution in [0, 0.1) is 5.82 Å². The number of amides is 3. The molecule has 1 aliphatic heterocycles. The van der Waals surface area contributed by atoms with Gasteiger partial charge >= 0.3 is 0 Å². The zero-order valence-corrected chi connectivity index (χ0v) is 21.0. The van der Waals surface area contributed by atoms with Gasteiger partial charge in [0.15, 0.2) is 0 Å². The molecule has 3 aromatic carbocycles. The van der Waals surface area contributed by atoms with Crippen LogP contribution in [0.5, 0.6) is 0 Å². The van der Waals surface area contributed by atoms with Gasteiger partial charge in [-0.3, -0.25) is 14.4 Å². The minimum Gasteiger partial charge on any atom is -0.366 e. The Labute approximate surface area is 219 Å². The molecule has 1 fully saturated rings. The molecule has 9 heteroatoms. The summed E-state index contributed by atoms with van der Waals surface area (Å²) in [5.74, 6) is -1.77. The topological polar surface area (TPSA) is 95.7 Å². The molecule has 1 heterocycles. The van der Waals surface area contributed by atoms with E-state index in [4.69, 9.17) is 17.3 Å². The second kappa shape index (κ2) is 9.52. The van der Waals surface area contributed by atoms with Gasteiger partial charge in [-0.15, -0.1) is 0 Å². The van der Waals surface area contributed by atoms with E-state index in [1.807, 2.05) is 17.0 Å². The maximum absolute atomic E-state index is 14.2. The monoisotopic (exact) mass is 520 g/mol. The predicted octanol–water partition coefficient (Wildman–Crippen LogP) is 3.78. The van der Waals surface area contributed by atoms with Gasteiger partial charge in [0.25, 0.3) is 5.91 Å². The largest absolute Gasteiger partial charge is 0.366 e. The molecule has 5 rings (SSSR count). The predicted molar refractivity (Wildman–Crippen MR) is 140 cm³/mol. The normalized spacial score (nSPS) is 18.1. The Hall–Kier alpha value is -3.91. The smallest absolute Gasteiger partial charge is 0.251 e. The molecule has 0 spiro atoms. The fraction of sp³-hybridized carbons (Fsp3) is 0.250. The van der Waals surface area contributed by atoms with Crippen LogP contribution in [0.1, 0.15) is 34.3 Å². The van der Waals surface area contributed by atoms with E-state index in [1.54, 1.807) is 49.5 Å². The van der Waals surface area contributed by atoms with Crippen molar-refractivity contribution in [3.8, 4) is 0 Å². The van der Waals surface area contributed by atoms with Gasteiger partial charge in [0, 0.05) is 30.7 Å². The zero-order valence-electron chi connectivity index (χ0n) is 20.2. The van der Waals surface area contributed by atoms with E-state index in [-0.39, 0.29) is 18.4 Å². The Morgan fingerprint density at radius 3 is 2.46 bits per heavy atom. The summed E-state index contributed by atoms with van der Waals surface area (Å²) in [7, 11) is 1.57. The molecule has 2 aliphatic rings. The fourth-order valence-corrected chi connectivity index (χ4v) is 5.13. The van der Waals surface area contributed by atoms with E-state index in [0.29, 0.717) is 46.9 Å². The Kier molecular flexibility index (Phi) is 6.37. The third-order valence-electron chi connectivity index (χ3n) is 7.16. The number of fused-ring (bicyclic) bond motifs is 1. The average molecular weight is 521 g/mol. The number of primary amides is 1. The summed E-state index contributed by atoms with van der Waals surface area (Å²) < 4.78 is 14.2. The van der Waals surface area contributed by atoms with Crippen LogP contribution in [-0.4, -0.2) is 37.4 Å². The van der Waals surface area contributed by atoms with E-state index >= 15 is 0 Å². The first-order valence-electron chi connectivity index (χ1n) is 12.0. The first-order valence-corrected chi connectivity index (χ1v) is 12.3. The summed E-state index contributed by atoms with van der Waals surface area (Å²) in [4.78, 5) is 42.5. The number of nitrogens with zero attached hydrogens (tertiary/aromatic N) is 2. The molecule has 0 saturated heterocycles. The number of hydrogen-bond donors (Lipinski definition) is 2. The molecule has 1 aliphatic carbocycles. The lowest BCUT2D eigenvalue weighted by Gasteiger charge is -2.28. The number of hydrogen-bond acceptors (Lipinski definition) is 4. The molecule has 7 nitrogen and oxygen atoms in total. The molecule has 3 amide bonds. The fourth-order valence-electron chi connectivity index (χ4n) is 5.00. The lowest BCUT2D eigenvalue weighted by molar-refractivity contribution is -0.128. The Balaban J connectivity index is 1.47. The summed E-state index contributed by atoms with van der Waals surface area (Å²) in [5, 5.41) is 3.55. The van der Waals surface area contributed by atoms with Gasteiger partial charge in [0.2, 0.25) is 11.8 Å². The van der Waals surface area contributed by atoms with E-state index in [2.05, 4.69) is 5.32 Å². The number of likely N-dealkylation sites (N-methyl/N-ethyl adjacent to an activating group) is 1. The van der Waals surface area contributed by atoms with Crippen molar-refractivity contribution in [1.29, 1.82) is 0 Å². The number of nitrogens with one attached hydrogen (secondary N) is 1. The average Bonchev–Trinajstić information content (AvgIpc) is 3.70. The SMILES string of the molecule is CN1C(=O)[C@H](NC(=O)C2(c3ccccc3C(N)=O)CC2)CN(Cc2ccc(Cl)cc2)c2ccc(F)cc21. The Morgan fingerprint density at radius 1 is 1.08 bits per heavy atom. The van der Waals surface area contributed by atoms with Crippen LogP contribution < -0.4 is 20.9 Å². The second-order valence-corrected chi connectivity index (χ2v) is 9.99. The number of anilines is 2. The van der Waals surface area contributed by atoms with Crippen LogP contribution >= 0.6 is 11.6 Å². The molecule has 0 aromatic heterocycles. The van der Waals surface area contributed by atoms with E-state index in [0.717, 1.165) is 5.56 Å². The van der Waals surface area contributed by atoms with Gasteiger partial charge in [0.1, 0.15) is 11.9 Å².